The summed E-state index contributed by atoms with van der Waals surface area (Å²) in [6, 6.07) is 2.83. The minimum absolute atomic E-state index is 0.719. The second-order valence-electron chi connectivity index (χ2n) is 5.94. The average Bonchev–Trinajstić information content (AvgIpc) is 3.12. The van der Waals surface area contributed by atoms with Crippen LogP contribution in [0.2, 0.25) is 0 Å². The molecule has 0 saturated carbocycles. The minimum atomic E-state index is 0.719. The van der Waals surface area contributed by atoms with Gasteiger partial charge in [-0.05, 0) is 38.5 Å². The topological polar surface area (TPSA) is 31.7 Å². The quantitative estimate of drug-likeness (QED) is 0.709. The van der Waals surface area contributed by atoms with Crippen LogP contribution in [0.4, 0.5) is 0 Å². The van der Waals surface area contributed by atoms with Crippen LogP contribution in [0.15, 0.2) is 16.7 Å². The molecule has 0 spiro atoms. The molecular formula is C17H31N3O. The van der Waals surface area contributed by atoms with Crippen LogP contribution >= 0.6 is 0 Å². The summed E-state index contributed by atoms with van der Waals surface area (Å²) in [6.45, 7) is 14.3. The van der Waals surface area contributed by atoms with Gasteiger partial charge < -0.3 is 9.73 Å². The fraction of sp³-hybridized carbons (Fsp3) is 0.765. The molecule has 1 aliphatic rings. The molecule has 4 heteroatoms. The van der Waals surface area contributed by atoms with Gasteiger partial charge in [0.15, 0.2) is 0 Å². The number of hydrogen-bond donors (Lipinski definition) is 1. The summed E-state index contributed by atoms with van der Waals surface area (Å²) < 4.78 is 5.71. The molecule has 0 aliphatic carbocycles. The molecule has 1 atom stereocenters. The van der Waals surface area contributed by atoms with E-state index in [1.807, 2.05) is 6.26 Å². The van der Waals surface area contributed by atoms with Crippen molar-refractivity contribution in [2.75, 3.05) is 32.7 Å². The highest BCUT2D eigenvalue weighted by atomic mass is 16.3. The summed E-state index contributed by atoms with van der Waals surface area (Å²) in [7, 11) is 0. The lowest BCUT2D eigenvalue weighted by molar-refractivity contribution is 0.204. The number of rotatable bonds is 9. The molecular weight excluding hydrogens is 262 g/mol. The zero-order valence-corrected chi connectivity index (χ0v) is 13.9. The van der Waals surface area contributed by atoms with Crippen molar-refractivity contribution < 1.29 is 4.42 Å². The first-order valence-corrected chi connectivity index (χ1v) is 8.50. The molecule has 1 fully saturated rings. The SMILES string of the molecule is CCCNCc1ccoc1CN1CCC(N(CC)CC)C1. The van der Waals surface area contributed by atoms with Crippen molar-refractivity contribution in [3.63, 3.8) is 0 Å². The van der Waals surface area contributed by atoms with E-state index < -0.39 is 0 Å². The Morgan fingerprint density at radius 2 is 2.14 bits per heavy atom. The van der Waals surface area contributed by atoms with Crippen molar-refractivity contribution >= 4 is 0 Å². The van der Waals surface area contributed by atoms with Crippen molar-refractivity contribution in [1.29, 1.82) is 0 Å². The number of furan rings is 1. The summed E-state index contributed by atoms with van der Waals surface area (Å²) >= 11 is 0. The standard InChI is InChI=1S/C17H31N3O/c1-4-9-18-12-15-8-11-21-17(15)14-19-10-7-16(13-19)20(5-2)6-3/h8,11,16,18H,4-7,9-10,12-14H2,1-3H3. The Morgan fingerprint density at radius 1 is 1.33 bits per heavy atom. The molecule has 2 rings (SSSR count). The Labute approximate surface area is 129 Å². The van der Waals surface area contributed by atoms with Crippen LogP contribution in [0.25, 0.3) is 0 Å². The number of likely N-dealkylation sites (N-methyl/N-ethyl adjacent to an activating group) is 1. The van der Waals surface area contributed by atoms with E-state index in [1.54, 1.807) is 0 Å². The normalized spacial score (nSPS) is 19.7. The van der Waals surface area contributed by atoms with Gasteiger partial charge in [-0.25, -0.2) is 0 Å². The maximum absolute atomic E-state index is 5.71. The number of hydrogen-bond acceptors (Lipinski definition) is 4. The maximum Gasteiger partial charge on any atom is 0.122 e. The molecule has 0 radical (unpaired) electrons. The molecule has 1 saturated heterocycles. The molecule has 2 heterocycles. The molecule has 1 aliphatic heterocycles. The second-order valence-corrected chi connectivity index (χ2v) is 5.94. The summed E-state index contributed by atoms with van der Waals surface area (Å²) in [5.41, 5.74) is 1.31. The second kappa shape index (κ2) is 8.57. The van der Waals surface area contributed by atoms with Crippen molar-refractivity contribution in [2.45, 2.75) is 52.7 Å². The van der Waals surface area contributed by atoms with Crippen LogP contribution in [0, 0.1) is 0 Å². The van der Waals surface area contributed by atoms with Gasteiger partial charge in [0.05, 0.1) is 12.8 Å². The molecule has 1 unspecified atom stereocenters. The first-order valence-electron chi connectivity index (χ1n) is 8.50. The average molecular weight is 293 g/mol. The lowest BCUT2D eigenvalue weighted by atomic mass is 10.2. The van der Waals surface area contributed by atoms with Crippen molar-refractivity contribution in [1.82, 2.24) is 15.1 Å². The molecule has 0 amide bonds. The minimum Gasteiger partial charge on any atom is -0.468 e. The van der Waals surface area contributed by atoms with Crippen LogP contribution in [-0.2, 0) is 13.1 Å². The smallest absolute Gasteiger partial charge is 0.122 e. The van der Waals surface area contributed by atoms with Crippen LogP contribution in [0.3, 0.4) is 0 Å². The van der Waals surface area contributed by atoms with Gasteiger partial charge in [-0.1, -0.05) is 20.8 Å². The Kier molecular flexibility index (Phi) is 6.74. The fourth-order valence-corrected chi connectivity index (χ4v) is 3.26. The molecule has 4 nitrogen and oxygen atoms in total. The molecule has 1 N–H and O–H groups in total. The Morgan fingerprint density at radius 3 is 2.86 bits per heavy atom. The Hall–Kier alpha value is -0.840. The van der Waals surface area contributed by atoms with E-state index in [1.165, 1.54) is 31.5 Å². The van der Waals surface area contributed by atoms with Gasteiger partial charge in [0.25, 0.3) is 0 Å². The molecule has 21 heavy (non-hydrogen) atoms. The lowest BCUT2D eigenvalue weighted by Crippen LogP contribution is -2.37. The first kappa shape index (κ1) is 16.5. The van der Waals surface area contributed by atoms with Crippen molar-refractivity contribution in [3.8, 4) is 0 Å². The van der Waals surface area contributed by atoms with Crippen LogP contribution in [-0.4, -0.2) is 48.6 Å². The molecule has 120 valence electrons. The van der Waals surface area contributed by atoms with Crippen LogP contribution in [0.1, 0.15) is 44.9 Å². The third kappa shape index (κ3) is 4.56. The van der Waals surface area contributed by atoms with E-state index in [-0.39, 0.29) is 0 Å². The zero-order chi connectivity index (χ0) is 15.1. The van der Waals surface area contributed by atoms with Gasteiger partial charge in [-0.15, -0.1) is 0 Å². The predicted octanol–water partition coefficient (Wildman–Crippen LogP) is 2.70. The lowest BCUT2D eigenvalue weighted by Gasteiger charge is -2.26. The summed E-state index contributed by atoms with van der Waals surface area (Å²) in [5.74, 6) is 1.14. The highest BCUT2D eigenvalue weighted by Crippen LogP contribution is 2.20. The van der Waals surface area contributed by atoms with Crippen LogP contribution < -0.4 is 5.32 Å². The summed E-state index contributed by atoms with van der Waals surface area (Å²) in [6.07, 6.45) is 4.28. The molecule has 0 aromatic carbocycles. The first-order chi connectivity index (χ1) is 10.3. The summed E-state index contributed by atoms with van der Waals surface area (Å²) in [5, 5.41) is 3.46. The van der Waals surface area contributed by atoms with E-state index in [9.17, 15) is 0 Å². The summed E-state index contributed by atoms with van der Waals surface area (Å²) in [4.78, 5) is 5.11. The highest BCUT2D eigenvalue weighted by molar-refractivity contribution is 5.17. The molecule has 1 aromatic heterocycles. The van der Waals surface area contributed by atoms with E-state index >= 15 is 0 Å². The van der Waals surface area contributed by atoms with Crippen LogP contribution in [0.5, 0.6) is 0 Å². The number of likely N-dealkylation sites (tertiary alicyclic amines) is 1. The van der Waals surface area contributed by atoms with Gasteiger partial charge >= 0.3 is 0 Å². The Balaban J connectivity index is 1.84. The van der Waals surface area contributed by atoms with Gasteiger partial charge in [0.1, 0.15) is 5.76 Å². The third-order valence-electron chi connectivity index (χ3n) is 4.52. The van der Waals surface area contributed by atoms with Gasteiger partial charge in [-0.3, -0.25) is 9.80 Å². The number of nitrogens with one attached hydrogen (secondary N) is 1. The van der Waals surface area contributed by atoms with E-state index in [4.69, 9.17) is 4.42 Å². The monoisotopic (exact) mass is 293 g/mol. The number of nitrogens with zero attached hydrogens (tertiary/aromatic N) is 2. The van der Waals surface area contributed by atoms with Gasteiger partial charge in [-0.2, -0.15) is 0 Å². The highest BCUT2D eigenvalue weighted by Gasteiger charge is 2.27. The van der Waals surface area contributed by atoms with Gasteiger partial charge in [0.2, 0.25) is 0 Å². The third-order valence-corrected chi connectivity index (χ3v) is 4.52. The maximum atomic E-state index is 5.71. The van der Waals surface area contributed by atoms with E-state index in [2.05, 4.69) is 42.0 Å². The fourth-order valence-electron chi connectivity index (χ4n) is 3.26. The van der Waals surface area contributed by atoms with E-state index in [0.717, 1.165) is 44.5 Å². The van der Waals surface area contributed by atoms with Crippen molar-refractivity contribution in [2.24, 2.45) is 0 Å². The Bertz CT molecular complexity index is 400. The predicted molar refractivity (Wildman–Crippen MR) is 87.3 cm³/mol. The molecule has 1 aromatic rings. The zero-order valence-electron chi connectivity index (χ0n) is 13.9. The molecule has 0 bridgehead atoms. The largest absolute Gasteiger partial charge is 0.468 e. The van der Waals surface area contributed by atoms with E-state index in [0.29, 0.717) is 0 Å². The van der Waals surface area contributed by atoms with Gasteiger partial charge in [0, 0.05) is 31.2 Å². The van der Waals surface area contributed by atoms with Crippen molar-refractivity contribution in [3.05, 3.63) is 23.7 Å².